The molecule has 0 aliphatic carbocycles. The Morgan fingerprint density at radius 3 is 2.48 bits per heavy atom. The van der Waals surface area contributed by atoms with Crippen molar-refractivity contribution < 1.29 is 14.6 Å². The molecule has 3 aromatic rings. The number of nitrogens with one attached hydrogen (secondary N) is 1. The first-order chi connectivity index (χ1) is 15.1. The number of aromatic hydroxyl groups is 1. The van der Waals surface area contributed by atoms with Gasteiger partial charge >= 0.3 is 0 Å². The normalized spacial score (nSPS) is 18.4. The SMILES string of the molecule is CCOc1cccc([C@H]2CC(c3ccc(OC)cc3)=N[C@@H](c3ccccc3Cl)N2)c1O. The van der Waals surface area contributed by atoms with Crippen molar-refractivity contribution in [2.24, 2.45) is 4.99 Å². The lowest BCUT2D eigenvalue weighted by molar-refractivity contribution is 0.313. The van der Waals surface area contributed by atoms with Gasteiger partial charge in [0.15, 0.2) is 11.5 Å². The van der Waals surface area contributed by atoms with E-state index in [0.717, 1.165) is 28.2 Å². The van der Waals surface area contributed by atoms with E-state index in [-0.39, 0.29) is 18.0 Å². The van der Waals surface area contributed by atoms with Crippen LogP contribution in [0, 0.1) is 0 Å². The van der Waals surface area contributed by atoms with Crippen molar-refractivity contribution in [3.8, 4) is 17.2 Å². The first-order valence-electron chi connectivity index (χ1n) is 10.3. The van der Waals surface area contributed by atoms with Gasteiger partial charge < -0.3 is 14.6 Å². The topological polar surface area (TPSA) is 63.1 Å². The van der Waals surface area contributed by atoms with E-state index in [1.165, 1.54) is 0 Å². The molecular formula is C25H25ClN2O3. The molecule has 0 saturated carbocycles. The van der Waals surface area contributed by atoms with E-state index >= 15 is 0 Å². The molecule has 0 fully saturated rings. The average molecular weight is 437 g/mol. The molecular weight excluding hydrogens is 412 g/mol. The lowest BCUT2D eigenvalue weighted by Crippen LogP contribution is -2.33. The molecule has 4 rings (SSSR count). The molecule has 0 radical (unpaired) electrons. The van der Waals surface area contributed by atoms with Gasteiger partial charge in [-0.2, -0.15) is 0 Å². The number of phenolic OH excluding ortho intramolecular Hbond substituents is 1. The Hall–Kier alpha value is -3.02. The molecule has 2 atom stereocenters. The van der Waals surface area contributed by atoms with Crippen LogP contribution in [0.2, 0.25) is 5.02 Å². The smallest absolute Gasteiger partial charge is 0.162 e. The van der Waals surface area contributed by atoms with E-state index in [4.69, 9.17) is 26.1 Å². The van der Waals surface area contributed by atoms with Crippen LogP contribution in [0.25, 0.3) is 0 Å². The van der Waals surface area contributed by atoms with Crippen molar-refractivity contribution >= 4 is 17.3 Å². The highest BCUT2D eigenvalue weighted by Gasteiger charge is 2.29. The van der Waals surface area contributed by atoms with Gasteiger partial charge in [0, 0.05) is 34.3 Å². The van der Waals surface area contributed by atoms with E-state index in [9.17, 15) is 5.11 Å². The lowest BCUT2D eigenvalue weighted by atomic mass is 9.93. The summed E-state index contributed by atoms with van der Waals surface area (Å²) in [5.74, 6) is 1.42. The minimum Gasteiger partial charge on any atom is -0.504 e. The highest BCUT2D eigenvalue weighted by atomic mass is 35.5. The number of rotatable bonds is 6. The molecule has 0 amide bonds. The summed E-state index contributed by atoms with van der Waals surface area (Å²) in [6.45, 7) is 2.38. The Morgan fingerprint density at radius 1 is 1.03 bits per heavy atom. The zero-order valence-electron chi connectivity index (χ0n) is 17.5. The second-order valence-corrected chi connectivity index (χ2v) is 7.69. The molecule has 0 aromatic heterocycles. The zero-order valence-corrected chi connectivity index (χ0v) is 18.3. The average Bonchev–Trinajstić information content (AvgIpc) is 2.80. The quantitative estimate of drug-likeness (QED) is 0.522. The van der Waals surface area contributed by atoms with E-state index < -0.39 is 0 Å². The Kier molecular flexibility index (Phi) is 6.44. The first-order valence-corrected chi connectivity index (χ1v) is 10.6. The standard InChI is InChI=1S/C25H25ClN2O3/c1-3-31-23-10-6-8-19(24(23)29)22-15-21(16-11-13-17(30-2)14-12-16)27-25(28-22)18-7-4-5-9-20(18)26/h4-14,22,25,28-29H,3,15H2,1-2H3/t22-,25-/m1/s1. The van der Waals surface area contributed by atoms with Gasteiger partial charge in [-0.3, -0.25) is 10.3 Å². The predicted molar refractivity (Wildman–Crippen MR) is 123 cm³/mol. The van der Waals surface area contributed by atoms with E-state index in [1.54, 1.807) is 13.2 Å². The van der Waals surface area contributed by atoms with Crippen LogP contribution in [0.4, 0.5) is 0 Å². The van der Waals surface area contributed by atoms with Crippen LogP contribution in [-0.2, 0) is 0 Å². The fourth-order valence-electron chi connectivity index (χ4n) is 3.81. The Bertz CT molecular complexity index is 1080. The van der Waals surface area contributed by atoms with Gasteiger partial charge in [0.1, 0.15) is 11.9 Å². The minimum atomic E-state index is -0.347. The van der Waals surface area contributed by atoms with Gasteiger partial charge in [0.25, 0.3) is 0 Å². The number of hydrogen-bond donors (Lipinski definition) is 2. The largest absolute Gasteiger partial charge is 0.504 e. The van der Waals surface area contributed by atoms with Crippen molar-refractivity contribution in [1.82, 2.24) is 5.32 Å². The second-order valence-electron chi connectivity index (χ2n) is 7.28. The minimum absolute atomic E-state index is 0.149. The van der Waals surface area contributed by atoms with Gasteiger partial charge in [0.2, 0.25) is 0 Å². The van der Waals surface area contributed by atoms with E-state index in [1.807, 2.05) is 67.6 Å². The molecule has 3 aromatic carbocycles. The summed E-state index contributed by atoms with van der Waals surface area (Å²) in [6, 6.07) is 20.9. The predicted octanol–water partition coefficient (Wildman–Crippen LogP) is 5.68. The zero-order chi connectivity index (χ0) is 21.8. The molecule has 160 valence electrons. The van der Waals surface area contributed by atoms with Crippen LogP contribution in [0.1, 0.15) is 42.2 Å². The molecule has 0 saturated heterocycles. The molecule has 31 heavy (non-hydrogen) atoms. The lowest BCUT2D eigenvalue weighted by Gasteiger charge is -2.31. The number of para-hydroxylation sites is 1. The Morgan fingerprint density at radius 2 is 1.77 bits per heavy atom. The van der Waals surface area contributed by atoms with Crippen LogP contribution in [0.5, 0.6) is 17.2 Å². The van der Waals surface area contributed by atoms with E-state index in [2.05, 4.69) is 5.32 Å². The Labute approximate surface area is 187 Å². The number of methoxy groups -OCH3 is 1. The summed E-state index contributed by atoms with van der Waals surface area (Å²) in [5, 5.41) is 15.1. The first kappa shape index (κ1) is 21.2. The fourth-order valence-corrected chi connectivity index (χ4v) is 4.05. The molecule has 1 aliphatic heterocycles. The van der Waals surface area contributed by atoms with E-state index in [0.29, 0.717) is 23.8 Å². The van der Waals surface area contributed by atoms with Crippen molar-refractivity contribution in [2.45, 2.75) is 25.6 Å². The summed E-state index contributed by atoms with van der Waals surface area (Å²) in [4.78, 5) is 4.97. The highest BCUT2D eigenvalue weighted by Crippen LogP contribution is 2.39. The molecule has 5 nitrogen and oxygen atoms in total. The maximum atomic E-state index is 10.9. The summed E-state index contributed by atoms with van der Waals surface area (Å²) in [6.07, 6.45) is 0.260. The maximum Gasteiger partial charge on any atom is 0.162 e. The van der Waals surface area contributed by atoms with Gasteiger partial charge in [-0.25, -0.2) is 0 Å². The van der Waals surface area contributed by atoms with Crippen molar-refractivity contribution in [1.29, 1.82) is 0 Å². The molecule has 0 spiro atoms. The summed E-state index contributed by atoms with van der Waals surface area (Å²) >= 11 is 6.49. The van der Waals surface area contributed by atoms with Crippen LogP contribution in [0.15, 0.2) is 71.7 Å². The number of benzene rings is 3. The number of aliphatic imine (C=N–C) groups is 1. The van der Waals surface area contributed by atoms with Crippen LogP contribution in [-0.4, -0.2) is 24.5 Å². The Balaban J connectivity index is 1.76. The third-order valence-corrected chi connectivity index (χ3v) is 5.71. The van der Waals surface area contributed by atoms with Crippen LogP contribution in [0.3, 0.4) is 0 Å². The second kappa shape index (κ2) is 9.41. The number of halogens is 1. The monoisotopic (exact) mass is 436 g/mol. The molecule has 1 heterocycles. The summed E-state index contributed by atoms with van der Waals surface area (Å²) in [7, 11) is 1.65. The molecule has 0 unspecified atom stereocenters. The van der Waals surface area contributed by atoms with Crippen molar-refractivity contribution in [3.05, 3.63) is 88.4 Å². The van der Waals surface area contributed by atoms with Gasteiger partial charge in [-0.15, -0.1) is 0 Å². The number of ether oxygens (including phenoxy) is 2. The number of phenols is 1. The maximum absolute atomic E-state index is 10.9. The molecule has 6 heteroatoms. The molecule has 2 N–H and O–H groups in total. The summed E-state index contributed by atoms with van der Waals surface area (Å²) < 4.78 is 10.9. The number of hydrogen-bond acceptors (Lipinski definition) is 5. The molecule has 1 aliphatic rings. The van der Waals surface area contributed by atoms with Crippen LogP contribution >= 0.6 is 11.6 Å². The van der Waals surface area contributed by atoms with Crippen molar-refractivity contribution in [3.63, 3.8) is 0 Å². The van der Waals surface area contributed by atoms with Gasteiger partial charge in [-0.1, -0.05) is 41.9 Å². The fraction of sp³-hybridized carbons (Fsp3) is 0.240. The number of nitrogens with zero attached hydrogens (tertiary/aromatic N) is 1. The van der Waals surface area contributed by atoms with Gasteiger partial charge in [0.05, 0.1) is 13.7 Å². The highest BCUT2D eigenvalue weighted by molar-refractivity contribution is 6.31. The van der Waals surface area contributed by atoms with Gasteiger partial charge in [-0.05, 0) is 48.9 Å². The van der Waals surface area contributed by atoms with Crippen molar-refractivity contribution in [2.75, 3.05) is 13.7 Å². The summed E-state index contributed by atoms with van der Waals surface area (Å²) in [5.41, 5.74) is 3.59. The van der Waals surface area contributed by atoms with Crippen LogP contribution < -0.4 is 14.8 Å². The molecule has 0 bridgehead atoms. The third kappa shape index (κ3) is 4.53. The third-order valence-electron chi connectivity index (χ3n) is 5.37.